The number of nitrogens with one attached hydrogen (secondary N) is 1. The third-order valence-corrected chi connectivity index (χ3v) is 4.28. The molecule has 0 heterocycles. The average Bonchev–Trinajstić information content (AvgIpc) is 2.49. The van der Waals surface area contributed by atoms with Gasteiger partial charge in [-0.1, -0.05) is 30.3 Å². The van der Waals surface area contributed by atoms with Crippen LogP contribution >= 0.6 is 0 Å². The molecule has 1 atom stereocenters. The monoisotopic (exact) mass is 277 g/mol. The van der Waals surface area contributed by atoms with Crippen LogP contribution in [-0.2, 0) is 11.3 Å². The van der Waals surface area contributed by atoms with E-state index in [1.54, 1.807) is 0 Å². The zero-order valence-corrected chi connectivity index (χ0v) is 12.4. The summed E-state index contributed by atoms with van der Waals surface area (Å²) in [6, 6.07) is 10.0. The van der Waals surface area contributed by atoms with Gasteiger partial charge in [-0.2, -0.15) is 0 Å². The molecular formula is C17H27NO2. The van der Waals surface area contributed by atoms with Crippen molar-refractivity contribution < 1.29 is 9.84 Å². The summed E-state index contributed by atoms with van der Waals surface area (Å²) in [5.74, 6) is 1.44. The average molecular weight is 277 g/mol. The van der Waals surface area contributed by atoms with Crippen molar-refractivity contribution in [1.82, 2.24) is 5.32 Å². The van der Waals surface area contributed by atoms with E-state index in [1.807, 2.05) is 37.4 Å². The molecule has 112 valence electrons. The van der Waals surface area contributed by atoms with Gasteiger partial charge in [0.15, 0.2) is 6.29 Å². The molecule has 1 aromatic carbocycles. The summed E-state index contributed by atoms with van der Waals surface area (Å²) >= 11 is 0. The van der Waals surface area contributed by atoms with Crippen molar-refractivity contribution in [3.63, 3.8) is 0 Å². The van der Waals surface area contributed by atoms with Crippen LogP contribution in [0.2, 0.25) is 0 Å². The number of hydrogen-bond donors (Lipinski definition) is 2. The fourth-order valence-corrected chi connectivity index (χ4v) is 3.08. The first-order valence-electron chi connectivity index (χ1n) is 7.76. The molecular weight excluding hydrogens is 250 g/mol. The maximum absolute atomic E-state index is 10.00. The van der Waals surface area contributed by atoms with E-state index in [1.165, 1.54) is 25.7 Å². The highest BCUT2D eigenvalue weighted by atomic mass is 16.6. The lowest BCUT2D eigenvalue weighted by molar-refractivity contribution is -0.121. The molecule has 0 bridgehead atoms. The highest BCUT2D eigenvalue weighted by molar-refractivity contribution is 5.13. The Balaban J connectivity index is 1.64. The predicted molar refractivity (Wildman–Crippen MR) is 81.2 cm³/mol. The summed E-state index contributed by atoms with van der Waals surface area (Å²) in [6.07, 6.45) is 5.14. The Morgan fingerprint density at radius 3 is 2.45 bits per heavy atom. The molecule has 0 radical (unpaired) electrons. The van der Waals surface area contributed by atoms with Crippen LogP contribution < -0.4 is 5.32 Å². The molecule has 2 N–H and O–H groups in total. The van der Waals surface area contributed by atoms with Crippen molar-refractivity contribution in [1.29, 1.82) is 0 Å². The van der Waals surface area contributed by atoms with Gasteiger partial charge in [-0.15, -0.1) is 0 Å². The Hall–Kier alpha value is -0.900. The van der Waals surface area contributed by atoms with E-state index in [0.29, 0.717) is 12.5 Å². The van der Waals surface area contributed by atoms with E-state index in [0.717, 1.165) is 24.4 Å². The molecule has 1 fully saturated rings. The standard InChI is InChI=1S/C17H27NO2/c1-18-12-15-9-7-14(8-10-15)11-17(19)20-13-16-5-3-2-4-6-16/h2-6,14-15,17-19H,7-13H2,1H3. The molecule has 3 heteroatoms. The van der Waals surface area contributed by atoms with Crippen LogP contribution in [-0.4, -0.2) is 25.0 Å². The van der Waals surface area contributed by atoms with Crippen molar-refractivity contribution in [2.45, 2.75) is 45.0 Å². The fourth-order valence-electron chi connectivity index (χ4n) is 3.08. The van der Waals surface area contributed by atoms with Gasteiger partial charge in [0.1, 0.15) is 0 Å². The summed E-state index contributed by atoms with van der Waals surface area (Å²) in [4.78, 5) is 0. The molecule has 1 unspecified atom stereocenters. The van der Waals surface area contributed by atoms with Crippen molar-refractivity contribution in [3.8, 4) is 0 Å². The van der Waals surface area contributed by atoms with E-state index < -0.39 is 6.29 Å². The lowest BCUT2D eigenvalue weighted by Crippen LogP contribution is -2.26. The van der Waals surface area contributed by atoms with Crippen LogP contribution in [0.4, 0.5) is 0 Å². The van der Waals surface area contributed by atoms with Gasteiger partial charge in [0, 0.05) is 6.42 Å². The zero-order valence-electron chi connectivity index (χ0n) is 12.4. The number of rotatable bonds is 7. The smallest absolute Gasteiger partial charge is 0.155 e. The third kappa shape index (κ3) is 5.23. The largest absolute Gasteiger partial charge is 0.368 e. The van der Waals surface area contributed by atoms with E-state index in [9.17, 15) is 5.11 Å². The molecule has 0 amide bonds. The number of ether oxygens (including phenoxy) is 1. The van der Waals surface area contributed by atoms with Gasteiger partial charge >= 0.3 is 0 Å². The molecule has 20 heavy (non-hydrogen) atoms. The minimum absolute atomic E-state index is 0.497. The molecule has 0 aliphatic heterocycles. The van der Waals surface area contributed by atoms with Crippen LogP contribution in [0.25, 0.3) is 0 Å². The molecule has 2 rings (SSSR count). The normalized spacial score (nSPS) is 24.5. The highest BCUT2D eigenvalue weighted by Crippen LogP contribution is 2.31. The molecule has 1 aliphatic rings. The topological polar surface area (TPSA) is 41.5 Å². The molecule has 1 aliphatic carbocycles. The molecule has 3 nitrogen and oxygen atoms in total. The van der Waals surface area contributed by atoms with Crippen molar-refractivity contribution >= 4 is 0 Å². The van der Waals surface area contributed by atoms with Gasteiger partial charge in [-0.25, -0.2) is 0 Å². The summed E-state index contributed by atoms with van der Waals surface area (Å²) in [7, 11) is 2.02. The zero-order chi connectivity index (χ0) is 14.2. The lowest BCUT2D eigenvalue weighted by Gasteiger charge is -2.29. The lowest BCUT2D eigenvalue weighted by atomic mass is 9.80. The molecule has 0 saturated heterocycles. The number of aliphatic hydroxyl groups is 1. The van der Waals surface area contributed by atoms with Crippen LogP contribution in [0.3, 0.4) is 0 Å². The summed E-state index contributed by atoms with van der Waals surface area (Å²) in [5, 5.41) is 13.3. The second-order valence-electron chi connectivity index (χ2n) is 5.93. The van der Waals surface area contributed by atoms with Gasteiger partial charge in [0.25, 0.3) is 0 Å². The Kier molecular flexibility index (Phi) is 6.51. The Bertz CT molecular complexity index is 361. The van der Waals surface area contributed by atoms with E-state index in [-0.39, 0.29) is 0 Å². The predicted octanol–water partition coefficient (Wildman–Crippen LogP) is 2.94. The first-order chi connectivity index (χ1) is 9.78. The van der Waals surface area contributed by atoms with Gasteiger partial charge in [-0.3, -0.25) is 0 Å². The fraction of sp³-hybridized carbons (Fsp3) is 0.647. The Morgan fingerprint density at radius 2 is 1.80 bits per heavy atom. The minimum Gasteiger partial charge on any atom is -0.368 e. The summed E-state index contributed by atoms with van der Waals surface area (Å²) in [6.45, 7) is 1.62. The van der Waals surface area contributed by atoms with E-state index in [2.05, 4.69) is 5.32 Å². The minimum atomic E-state index is -0.624. The first kappa shape index (κ1) is 15.5. The van der Waals surface area contributed by atoms with Gasteiger partial charge in [-0.05, 0) is 56.7 Å². The highest BCUT2D eigenvalue weighted by Gasteiger charge is 2.22. The van der Waals surface area contributed by atoms with Crippen LogP contribution in [0.1, 0.15) is 37.7 Å². The van der Waals surface area contributed by atoms with Gasteiger partial charge < -0.3 is 15.2 Å². The Morgan fingerprint density at radius 1 is 1.15 bits per heavy atom. The summed E-state index contributed by atoms with van der Waals surface area (Å²) < 4.78 is 5.55. The van der Waals surface area contributed by atoms with Gasteiger partial charge in [0.05, 0.1) is 6.61 Å². The van der Waals surface area contributed by atoms with Crippen molar-refractivity contribution in [2.24, 2.45) is 11.8 Å². The van der Waals surface area contributed by atoms with Crippen LogP contribution in [0.15, 0.2) is 30.3 Å². The third-order valence-electron chi connectivity index (χ3n) is 4.28. The SMILES string of the molecule is CNCC1CCC(CC(O)OCc2ccccc2)CC1. The van der Waals surface area contributed by atoms with Crippen molar-refractivity contribution in [3.05, 3.63) is 35.9 Å². The number of benzene rings is 1. The first-order valence-corrected chi connectivity index (χ1v) is 7.76. The van der Waals surface area contributed by atoms with Crippen molar-refractivity contribution in [2.75, 3.05) is 13.6 Å². The maximum Gasteiger partial charge on any atom is 0.155 e. The number of hydrogen-bond acceptors (Lipinski definition) is 3. The van der Waals surface area contributed by atoms with E-state index >= 15 is 0 Å². The van der Waals surface area contributed by atoms with E-state index in [4.69, 9.17) is 4.74 Å². The Labute approximate surface area is 122 Å². The number of aliphatic hydroxyl groups excluding tert-OH is 1. The second kappa shape index (κ2) is 8.40. The molecule has 0 spiro atoms. The van der Waals surface area contributed by atoms with Crippen LogP contribution in [0, 0.1) is 11.8 Å². The van der Waals surface area contributed by atoms with Gasteiger partial charge in [0.2, 0.25) is 0 Å². The molecule has 1 saturated carbocycles. The quantitative estimate of drug-likeness (QED) is 0.753. The summed E-state index contributed by atoms with van der Waals surface area (Å²) in [5.41, 5.74) is 1.12. The maximum atomic E-state index is 10.00. The second-order valence-corrected chi connectivity index (χ2v) is 5.93. The van der Waals surface area contributed by atoms with Crippen LogP contribution in [0.5, 0.6) is 0 Å². The molecule has 0 aromatic heterocycles. The molecule has 1 aromatic rings.